The molecule has 0 atom stereocenters. The lowest BCUT2D eigenvalue weighted by Gasteiger charge is -2.13. The second-order valence-corrected chi connectivity index (χ2v) is 6.06. The number of carbonyl (C=O) groups is 3. The molecule has 0 fully saturated rings. The van der Waals surface area contributed by atoms with Crippen molar-refractivity contribution in [1.29, 1.82) is 0 Å². The number of nitrogens with zero attached hydrogens (tertiary/aromatic N) is 1. The molecule has 0 radical (unpaired) electrons. The Labute approximate surface area is 144 Å². The number of imide groups is 1. The molecule has 25 heavy (non-hydrogen) atoms. The van der Waals surface area contributed by atoms with Crippen molar-refractivity contribution in [2.75, 3.05) is 6.61 Å². The second kappa shape index (κ2) is 6.76. The van der Waals surface area contributed by atoms with Crippen molar-refractivity contribution in [2.45, 2.75) is 13.8 Å². The third-order valence-corrected chi connectivity index (χ3v) is 3.58. The molecule has 6 nitrogen and oxygen atoms in total. The van der Waals surface area contributed by atoms with Crippen LogP contribution in [0.1, 0.15) is 44.9 Å². The first-order valence-corrected chi connectivity index (χ1v) is 7.90. The molecule has 2 aromatic rings. The molecule has 2 aromatic carbocycles. The number of rotatable bonds is 5. The molecule has 0 N–H and O–H groups in total. The summed E-state index contributed by atoms with van der Waals surface area (Å²) in [4.78, 5) is 41.8. The van der Waals surface area contributed by atoms with Crippen LogP contribution in [0.15, 0.2) is 48.5 Å². The summed E-state index contributed by atoms with van der Waals surface area (Å²) in [7, 11) is 0. The Morgan fingerprint density at radius 1 is 1.00 bits per heavy atom. The monoisotopic (exact) mass is 339 g/mol. The van der Waals surface area contributed by atoms with Crippen molar-refractivity contribution in [3.05, 3.63) is 65.2 Å². The van der Waals surface area contributed by atoms with Crippen molar-refractivity contribution < 1.29 is 24.0 Å². The Hall–Kier alpha value is -3.15. The first-order valence-electron chi connectivity index (χ1n) is 7.90. The van der Waals surface area contributed by atoms with Gasteiger partial charge in [0, 0.05) is 0 Å². The molecule has 0 saturated heterocycles. The standard InChI is InChI=1S/C19H17NO5/c1-12(2)11-24-14-7-5-6-13(10-14)19(23)25-20-17(21)15-8-3-4-9-16(15)18(20)22/h3-10,12H,11H2,1-2H3. The van der Waals surface area contributed by atoms with Gasteiger partial charge in [-0.05, 0) is 36.2 Å². The van der Waals surface area contributed by atoms with Crippen LogP contribution >= 0.6 is 0 Å². The van der Waals surface area contributed by atoms with Gasteiger partial charge in [0.25, 0.3) is 11.8 Å². The maximum absolute atomic E-state index is 12.3. The van der Waals surface area contributed by atoms with Crippen LogP contribution in [0.5, 0.6) is 5.75 Å². The Balaban J connectivity index is 1.74. The molecular weight excluding hydrogens is 322 g/mol. The van der Waals surface area contributed by atoms with Gasteiger partial charge in [0.05, 0.1) is 23.3 Å². The van der Waals surface area contributed by atoms with E-state index < -0.39 is 17.8 Å². The van der Waals surface area contributed by atoms with Gasteiger partial charge in [0.15, 0.2) is 0 Å². The van der Waals surface area contributed by atoms with Gasteiger partial charge in [0.1, 0.15) is 5.75 Å². The highest BCUT2D eigenvalue weighted by Crippen LogP contribution is 2.24. The van der Waals surface area contributed by atoms with E-state index in [9.17, 15) is 14.4 Å². The topological polar surface area (TPSA) is 72.9 Å². The van der Waals surface area contributed by atoms with E-state index in [2.05, 4.69) is 0 Å². The smallest absolute Gasteiger partial charge is 0.364 e. The van der Waals surface area contributed by atoms with E-state index in [1.54, 1.807) is 24.3 Å². The molecule has 0 saturated carbocycles. The van der Waals surface area contributed by atoms with E-state index in [0.29, 0.717) is 23.3 Å². The summed E-state index contributed by atoms with van der Waals surface area (Å²) in [6.45, 7) is 4.54. The molecule has 1 heterocycles. The average Bonchev–Trinajstić information content (AvgIpc) is 2.85. The van der Waals surface area contributed by atoms with Crippen LogP contribution in [0.4, 0.5) is 0 Å². The Morgan fingerprint density at radius 3 is 2.24 bits per heavy atom. The van der Waals surface area contributed by atoms with Crippen molar-refractivity contribution in [2.24, 2.45) is 5.92 Å². The zero-order valence-electron chi connectivity index (χ0n) is 13.9. The number of ether oxygens (including phenoxy) is 1. The van der Waals surface area contributed by atoms with Gasteiger partial charge in [-0.15, -0.1) is 0 Å². The predicted molar refractivity (Wildman–Crippen MR) is 89.1 cm³/mol. The molecule has 1 aliphatic heterocycles. The first kappa shape index (κ1) is 16.7. The largest absolute Gasteiger partial charge is 0.493 e. The van der Waals surface area contributed by atoms with Crippen LogP contribution in [0, 0.1) is 5.92 Å². The van der Waals surface area contributed by atoms with Crippen molar-refractivity contribution >= 4 is 17.8 Å². The summed E-state index contributed by atoms with van der Waals surface area (Å²) in [5.74, 6) is -1.24. The quantitative estimate of drug-likeness (QED) is 0.783. The van der Waals surface area contributed by atoms with Crippen molar-refractivity contribution in [3.63, 3.8) is 0 Å². The van der Waals surface area contributed by atoms with Gasteiger partial charge in [-0.2, -0.15) is 0 Å². The maximum atomic E-state index is 12.3. The van der Waals surface area contributed by atoms with E-state index in [-0.39, 0.29) is 16.7 Å². The highest BCUT2D eigenvalue weighted by molar-refractivity contribution is 6.21. The summed E-state index contributed by atoms with van der Waals surface area (Å²) in [5.41, 5.74) is 0.626. The minimum atomic E-state index is -0.801. The van der Waals surface area contributed by atoms with Crippen LogP contribution in [-0.2, 0) is 4.84 Å². The first-order chi connectivity index (χ1) is 12.0. The molecular formula is C19H17NO5. The number of fused-ring (bicyclic) bond motifs is 1. The van der Waals surface area contributed by atoms with Crippen LogP contribution in [0.2, 0.25) is 0 Å². The molecule has 0 bridgehead atoms. The van der Waals surface area contributed by atoms with Crippen molar-refractivity contribution in [1.82, 2.24) is 5.06 Å². The highest BCUT2D eigenvalue weighted by atomic mass is 16.7. The summed E-state index contributed by atoms with van der Waals surface area (Å²) < 4.78 is 5.57. The third-order valence-electron chi connectivity index (χ3n) is 3.58. The zero-order valence-corrected chi connectivity index (χ0v) is 13.9. The van der Waals surface area contributed by atoms with E-state index in [1.807, 2.05) is 13.8 Å². The number of benzene rings is 2. The Bertz CT molecular complexity index is 808. The number of hydrogen-bond acceptors (Lipinski definition) is 5. The fraction of sp³-hybridized carbons (Fsp3) is 0.211. The van der Waals surface area contributed by atoms with E-state index >= 15 is 0 Å². The minimum Gasteiger partial charge on any atom is -0.493 e. The van der Waals surface area contributed by atoms with Gasteiger partial charge in [0.2, 0.25) is 0 Å². The molecule has 0 aliphatic carbocycles. The van der Waals surface area contributed by atoms with Gasteiger partial charge in [-0.25, -0.2) is 4.79 Å². The van der Waals surface area contributed by atoms with Gasteiger partial charge >= 0.3 is 5.97 Å². The summed E-state index contributed by atoms with van der Waals surface area (Å²) in [5, 5.41) is 0.495. The van der Waals surface area contributed by atoms with Crippen LogP contribution in [0.25, 0.3) is 0 Å². The Kier molecular flexibility index (Phi) is 4.52. The summed E-state index contributed by atoms with van der Waals surface area (Å²) >= 11 is 0. The lowest BCUT2D eigenvalue weighted by atomic mass is 10.1. The van der Waals surface area contributed by atoms with Crippen molar-refractivity contribution in [3.8, 4) is 5.75 Å². The molecule has 128 valence electrons. The number of amides is 2. The van der Waals surface area contributed by atoms with Crippen LogP contribution in [-0.4, -0.2) is 29.5 Å². The molecule has 0 unspecified atom stereocenters. The second-order valence-electron chi connectivity index (χ2n) is 6.06. The lowest BCUT2D eigenvalue weighted by molar-refractivity contribution is -0.0584. The van der Waals surface area contributed by atoms with Gasteiger partial charge in [-0.1, -0.05) is 37.1 Å². The fourth-order valence-electron chi connectivity index (χ4n) is 2.36. The van der Waals surface area contributed by atoms with Gasteiger partial charge < -0.3 is 9.57 Å². The normalized spacial score (nSPS) is 13.2. The Morgan fingerprint density at radius 2 is 1.64 bits per heavy atom. The third kappa shape index (κ3) is 3.38. The summed E-state index contributed by atoms with van der Waals surface area (Å²) in [6, 6.07) is 12.7. The summed E-state index contributed by atoms with van der Waals surface area (Å²) in [6.07, 6.45) is 0. The SMILES string of the molecule is CC(C)COc1cccc(C(=O)ON2C(=O)c3ccccc3C2=O)c1. The maximum Gasteiger partial charge on any atom is 0.364 e. The molecule has 0 spiro atoms. The minimum absolute atomic E-state index is 0.192. The molecule has 0 aromatic heterocycles. The van der Waals surface area contributed by atoms with Crippen LogP contribution in [0.3, 0.4) is 0 Å². The number of carbonyl (C=O) groups excluding carboxylic acids is 3. The number of hydroxylamine groups is 2. The van der Waals surface area contributed by atoms with E-state index in [4.69, 9.17) is 9.57 Å². The molecule has 2 amide bonds. The fourth-order valence-corrected chi connectivity index (χ4v) is 2.36. The lowest BCUT2D eigenvalue weighted by Crippen LogP contribution is -2.32. The molecule has 3 rings (SSSR count). The molecule has 1 aliphatic rings. The molecule has 6 heteroatoms. The average molecular weight is 339 g/mol. The van der Waals surface area contributed by atoms with Crippen LogP contribution < -0.4 is 4.74 Å². The zero-order chi connectivity index (χ0) is 18.0. The van der Waals surface area contributed by atoms with E-state index in [0.717, 1.165) is 0 Å². The van der Waals surface area contributed by atoms with E-state index in [1.165, 1.54) is 24.3 Å². The van der Waals surface area contributed by atoms with Gasteiger partial charge in [-0.3, -0.25) is 9.59 Å². The predicted octanol–water partition coefficient (Wildman–Crippen LogP) is 3.09. The number of hydrogen-bond donors (Lipinski definition) is 0. The highest BCUT2D eigenvalue weighted by Gasteiger charge is 2.38.